The number of aromatic amines is 2. The fourth-order valence-corrected chi connectivity index (χ4v) is 9.83. The molecule has 4 heterocycles. The van der Waals surface area contributed by atoms with Crippen molar-refractivity contribution < 1.29 is 42.2 Å². The number of ether oxygens (including phenoxy) is 3. The van der Waals surface area contributed by atoms with E-state index in [1.165, 1.54) is 14.2 Å². The number of Topliss-reactive ketones (excluding diaryl/α,β-unsaturated/α-hetero) is 1. The van der Waals surface area contributed by atoms with Crippen molar-refractivity contribution >= 4 is 34.6 Å². The molecule has 1 saturated carbocycles. The zero-order chi connectivity index (χ0) is 46.0. The van der Waals surface area contributed by atoms with Crippen LogP contribution >= 0.6 is 0 Å². The zero-order valence-corrected chi connectivity index (χ0v) is 36.6. The number of alkyl carbamates (subject to hydrolysis) is 2. The van der Waals surface area contributed by atoms with E-state index in [0.29, 0.717) is 43.7 Å². The van der Waals surface area contributed by atoms with Gasteiger partial charge in [-0.15, -0.1) is 0 Å². The lowest BCUT2D eigenvalue weighted by molar-refractivity contribution is -0.138. The highest BCUT2D eigenvalue weighted by molar-refractivity contribution is 5.92. The van der Waals surface area contributed by atoms with Gasteiger partial charge >= 0.3 is 12.2 Å². The van der Waals surface area contributed by atoms with Crippen LogP contribution in [0.1, 0.15) is 73.7 Å². The van der Waals surface area contributed by atoms with Gasteiger partial charge in [0.2, 0.25) is 5.91 Å². The van der Waals surface area contributed by atoms with Gasteiger partial charge in [0.1, 0.15) is 23.7 Å². The van der Waals surface area contributed by atoms with Crippen molar-refractivity contribution in [1.82, 2.24) is 35.5 Å². The zero-order valence-electron chi connectivity index (χ0n) is 36.6. The van der Waals surface area contributed by atoms with Gasteiger partial charge in [-0.3, -0.25) is 9.59 Å². The van der Waals surface area contributed by atoms with Gasteiger partial charge in [-0.05, 0) is 76.8 Å². The molecule has 3 fully saturated rings. The second-order valence-electron chi connectivity index (χ2n) is 17.3. The third kappa shape index (κ3) is 9.27. The molecule has 3 aliphatic rings. The minimum Gasteiger partial charge on any atom is -0.453 e. The minimum absolute atomic E-state index is 0.0678. The van der Waals surface area contributed by atoms with Crippen LogP contribution in [0.4, 0.5) is 18.4 Å². The first-order valence-electron chi connectivity index (χ1n) is 22.3. The number of alkyl halides is 2. The Bertz CT molecular complexity index is 2720. The van der Waals surface area contributed by atoms with Crippen LogP contribution in [-0.2, 0) is 23.8 Å². The van der Waals surface area contributed by atoms with E-state index in [-0.39, 0.29) is 29.4 Å². The number of hydrogen-bond acceptors (Lipinski definition) is 9. The lowest BCUT2D eigenvalue weighted by atomic mass is 9.85. The summed E-state index contributed by atoms with van der Waals surface area (Å²) in [6.07, 6.45) is 4.68. The molecule has 2 aromatic heterocycles. The summed E-state index contributed by atoms with van der Waals surface area (Å²) in [6.45, 7) is 0.0146. The molecule has 342 valence electrons. The van der Waals surface area contributed by atoms with E-state index in [1.54, 1.807) is 6.20 Å². The van der Waals surface area contributed by atoms with Crippen LogP contribution in [0, 0.1) is 11.8 Å². The Morgan fingerprint density at radius 1 is 0.742 bits per heavy atom. The minimum atomic E-state index is -3.15. The van der Waals surface area contributed by atoms with Gasteiger partial charge in [0, 0.05) is 37.0 Å². The molecule has 66 heavy (non-hydrogen) atoms. The normalized spacial score (nSPS) is 20.4. The van der Waals surface area contributed by atoms with Crippen molar-refractivity contribution in [3.05, 3.63) is 121 Å². The van der Waals surface area contributed by atoms with Gasteiger partial charge in [-0.25, -0.2) is 28.3 Å². The highest BCUT2D eigenvalue weighted by atomic mass is 19.3. The van der Waals surface area contributed by atoms with Gasteiger partial charge < -0.3 is 39.7 Å². The number of carbonyl (C=O) groups is 4. The van der Waals surface area contributed by atoms with E-state index < -0.39 is 55.1 Å². The molecule has 1 aliphatic carbocycles. The van der Waals surface area contributed by atoms with E-state index in [0.717, 1.165) is 62.3 Å². The maximum absolute atomic E-state index is 15.0. The number of benzene rings is 4. The number of hydrogen-bond donors (Lipinski definition) is 4. The van der Waals surface area contributed by atoms with Crippen molar-refractivity contribution in [2.45, 2.75) is 68.5 Å². The molecule has 0 spiro atoms. The maximum atomic E-state index is 15.0. The summed E-state index contributed by atoms with van der Waals surface area (Å²) in [7, 11) is 2.47. The lowest BCUT2D eigenvalue weighted by Crippen LogP contribution is -2.53. The van der Waals surface area contributed by atoms with Crippen molar-refractivity contribution in [2.75, 3.05) is 34.0 Å². The number of imidazole rings is 2. The molecule has 16 heteroatoms. The third-order valence-corrected chi connectivity index (χ3v) is 13.3. The molecule has 6 aromatic rings. The number of rotatable bonds is 12. The van der Waals surface area contributed by atoms with Crippen LogP contribution in [0.5, 0.6) is 0 Å². The Morgan fingerprint density at radius 3 is 2.06 bits per heavy atom. The molecule has 1 unspecified atom stereocenters. The molecule has 2 aliphatic heterocycles. The summed E-state index contributed by atoms with van der Waals surface area (Å²) in [5.74, 6) is -3.58. The van der Waals surface area contributed by atoms with E-state index in [4.69, 9.17) is 19.2 Å². The number of aromatic nitrogens is 4. The molecule has 2 saturated heterocycles. The molecule has 14 nitrogen and oxygen atoms in total. The number of carbonyl (C=O) groups excluding carboxylic acids is 4. The molecule has 0 radical (unpaired) electrons. The van der Waals surface area contributed by atoms with Crippen LogP contribution in [0.2, 0.25) is 0 Å². The van der Waals surface area contributed by atoms with Gasteiger partial charge in [0.15, 0.2) is 5.78 Å². The van der Waals surface area contributed by atoms with Crippen molar-refractivity contribution in [3.63, 3.8) is 0 Å². The highest BCUT2D eigenvalue weighted by Crippen LogP contribution is 2.43. The Hall–Kier alpha value is -6.94. The first-order valence-corrected chi connectivity index (χ1v) is 22.3. The number of fused-ring (bicyclic) bond motifs is 1. The average Bonchev–Trinajstić information content (AvgIpc) is 4.19. The number of ketones is 1. The SMILES string of the molecule is COC(=O)N[C@H](C(=O)N1CC(F)(F)C[C@H]1c1ncc(-c2ccc(-c3ccc4cc(-c5cnc([C@@H]6CCCC6C(=O)[C@H](NC(=O)OC)c6ccccc6)[nH]5)ccc4c3)cc2)[nH]1)C1CCOCC1. The Kier molecular flexibility index (Phi) is 12.7. The monoisotopic (exact) mass is 899 g/mol. The summed E-state index contributed by atoms with van der Waals surface area (Å²) < 4.78 is 45.2. The van der Waals surface area contributed by atoms with E-state index in [2.05, 4.69) is 55.9 Å². The molecule has 9 rings (SSSR count). The summed E-state index contributed by atoms with van der Waals surface area (Å²) in [4.78, 5) is 69.6. The molecular weight excluding hydrogens is 849 g/mol. The molecular formula is C50H51F2N7O7. The summed E-state index contributed by atoms with van der Waals surface area (Å²) in [5.41, 5.74) is 5.89. The van der Waals surface area contributed by atoms with Crippen molar-refractivity contribution in [2.24, 2.45) is 11.8 Å². The Labute approximate surface area is 379 Å². The largest absolute Gasteiger partial charge is 0.453 e. The summed E-state index contributed by atoms with van der Waals surface area (Å²) >= 11 is 0. The van der Waals surface area contributed by atoms with Crippen LogP contribution < -0.4 is 10.6 Å². The Morgan fingerprint density at radius 2 is 1.35 bits per heavy atom. The molecule has 5 atom stereocenters. The number of methoxy groups -OCH3 is 2. The van der Waals surface area contributed by atoms with Crippen LogP contribution in [0.3, 0.4) is 0 Å². The Balaban J connectivity index is 0.882. The van der Waals surface area contributed by atoms with E-state index in [9.17, 15) is 19.2 Å². The number of nitrogens with one attached hydrogen (secondary N) is 4. The number of nitrogens with zero attached hydrogens (tertiary/aromatic N) is 3. The first-order chi connectivity index (χ1) is 32.0. The second-order valence-corrected chi connectivity index (χ2v) is 17.3. The van der Waals surface area contributed by atoms with Crippen molar-refractivity contribution in [1.29, 1.82) is 0 Å². The predicted molar refractivity (Wildman–Crippen MR) is 241 cm³/mol. The van der Waals surface area contributed by atoms with Crippen molar-refractivity contribution in [3.8, 4) is 33.6 Å². The fourth-order valence-electron chi connectivity index (χ4n) is 9.83. The van der Waals surface area contributed by atoms with E-state index in [1.807, 2.05) is 66.9 Å². The van der Waals surface area contributed by atoms with Gasteiger partial charge in [-0.2, -0.15) is 0 Å². The second kappa shape index (κ2) is 18.9. The topological polar surface area (TPSA) is 181 Å². The lowest BCUT2D eigenvalue weighted by Gasteiger charge is -2.33. The van der Waals surface area contributed by atoms with E-state index >= 15 is 8.78 Å². The first kappa shape index (κ1) is 44.3. The molecule has 4 N–H and O–H groups in total. The summed E-state index contributed by atoms with van der Waals surface area (Å²) in [5, 5.41) is 7.42. The quantitative estimate of drug-likeness (QED) is 0.0933. The van der Waals surface area contributed by atoms with Crippen LogP contribution in [0.25, 0.3) is 44.4 Å². The maximum Gasteiger partial charge on any atom is 0.407 e. The van der Waals surface area contributed by atoms with Gasteiger partial charge in [0.05, 0.1) is 50.6 Å². The van der Waals surface area contributed by atoms with Crippen LogP contribution in [-0.4, -0.2) is 94.7 Å². The van der Waals surface area contributed by atoms with Gasteiger partial charge in [0.25, 0.3) is 5.92 Å². The number of H-pyrrole nitrogens is 2. The molecule has 4 aromatic carbocycles. The number of amides is 3. The smallest absolute Gasteiger partial charge is 0.407 e. The van der Waals surface area contributed by atoms with Crippen LogP contribution in [0.15, 0.2) is 103 Å². The average molecular weight is 900 g/mol. The van der Waals surface area contributed by atoms with Gasteiger partial charge in [-0.1, -0.05) is 85.3 Å². The highest BCUT2D eigenvalue weighted by Gasteiger charge is 2.51. The molecule has 0 bridgehead atoms. The molecule has 3 amide bonds. The number of halogens is 2. The fraction of sp³-hybridized carbons (Fsp3) is 0.360. The third-order valence-electron chi connectivity index (χ3n) is 13.3. The standard InChI is InChI=1S/C50H51F2N7O7/c1-64-48(62)57-42(31-7-4-3-5-8-31)44(60)37-9-6-10-38(37)45-53-27-40(55-45)36-18-17-34-23-33(15-16-35(34)24-36)29-11-13-30(14-12-29)39-26-54-46(56-39)41-25-50(51,52)28-59(41)47(61)43(58-49(63)65-2)32-19-21-66-22-20-32/h3-5,7-8,11-18,23-24,26-27,32,37-38,41-43H,6,9-10,19-22,25,28H2,1-2H3,(H,53,55)(H,54,56)(H,57,62)(H,58,63)/t37?,38-,41+,42-,43+/m1/s1. The summed E-state index contributed by atoms with van der Waals surface area (Å²) in [6, 6.07) is 26.6. The predicted octanol–water partition coefficient (Wildman–Crippen LogP) is 8.90. The number of likely N-dealkylation sites (tertiary alicyclic amines) is 1.